The van der Waals surface area contributed by atoms with Crippen LogP contribution in [-0.2, 0) is 4.79 Å². The SMILES string of the molecule is CCN[C@H](C)CNC(=O)C1C2C3CCC(C3)C12. The van der Waals surface area contributed by atoms with Crippen LogP contribution in [0.3, 0.4) is 0 Å². The van der Waals surface area contributed by atoms with E-state index in [4.69, 9.17) is 0 Å². The van der Waals surface area contributed by atoms with Crippen molar-refractivity contribution in [2.24, 2.45) is 29.6 Å². The summed E-state index contributed by atoms with van der Waals surface area (Å²) < 4.78 is 0. The van der Waals surface area contributed by atoms with E-state index in [1.54, 1.807) is 0 Å². The monoisotopic (exact) mass is 236 g/mol. The summed E-state index contributed by atoms with van der Waals surface area (Å²) in [6.07, 6.45) is 4.21. The number of carbonyl (C=O) groups is 1. The van der Waals surface area contributed by atoms with Crippen LogP contribution in [0.4, 0.5) is 0 Å². The number of hydrogen-bond acceptors (Lipinski definition) is 2. The maximum absolute atomic E-state index is 12.1. The largest absolute Gasteiger partial charge is 0.354 e. The van der Waals surface area contributed by atoms with Gasteiger partial charge >= 0.3 is 0 Å². The molecule has 0 aromatic heterocycles. The lowest BCUT2D eigenvalue weighted by Crippen LogP contribution is -2.40. The fourth-order valence-electron chi connectivity index (χ4n) is 4.47. The highest BCUT2D eigenvalue weighted by atomic mass is 16.2. The molecule has 0 aliphatic heterocycles. The molecule has 3 rings (SSSR count). The Morgan fingerprint density at radius 3 is 2.53 bits per heavy atom. The molecule has 17 heavy (non-hydrogen) atoms. The summed E-state index contributed by atoms with van der Waals surface area (Å²) in [7, 11) is 0. The van der Waals surface area contributed by atoms with Crippen LogP contribution >= 0.6 is 0 Å². The Labute approximate surface area is 104 Å². The van der Waals surface area contributed by atoms with Gasteiger partial charge in [-0.25, -0.2) is 0 Å². The summed E-state index contributed by atoms with van der Waals surface area (Å²) in [4.78, 5) is 12.1. The van der Waals surface area contributed by atoms with Gasteiger partial charge in [0, 0.05) is 18.5 Å². The zero-order chi connectivity index (χ0) is 12.0. The van der Waals surface area contributed by atoms with Crippen LogP contribution in [0, 0.1) is 29.6 Å². The molecule has 2 bridgehead atoms. The molecule has 3 heteroatoms. The number of amides is 1. The molecule has 2 N–H and O–H groups in total. The second-order valence-corrected chi connectivity index (χ2v) is 6.22. The van der Waals surface area contributed by atoms with E-state index in [1.807, 2.05) is 0 Å². The molecule has 1 amide bonds. The van der Waals surface area contributed by atoms with Gasteiger partial charge in [0.25, 0.3) is 0 Å². The van der Waals surface area contributed by atoms with Gasteiger partial charge in [-0.3, -0.25) is 4.79 Å². The highest BCUT2D eigenvalue weighted by molar-refractivity contribution is 5.82. The van der Waals surface area contributed by atoms with Gasteiger partial charge in [0.15, 0.2) is 0 Å². The maximum Gasteiger partial charge on any atom is 0.223 e. The highest BCUT2D eigenvalue weighted by Gasteiger charge is 2.67. The molecular formula is C14H24N2O. The topological polar surface area (TPSA) is 41.1 Å². The molecule has 3 aliphatic rings. The molecule has 3 saturated carbocycles. The second-order valence-electron chi connectivity index (χ2n) is 6.22. The fraction of sp³-hybridized carbons (Fsp3) is 0.929. The number of rotatable bonds is 5. The molecule has 0 heterocycles. The van der Waals surface area contributed by atoms with E-state index >= 15 is 0 Å². The molecule has 3 nitrogen and oxygen atoms in total. The van der Waals surface area contributed by atoms with Gasteiger partial charge in [0.05, 0.1) is 0 Å². The summed E-state index contributed by atoms with van der Waals surface area (Å²) in [5.74, 6) is 4.04. The smallest absolute Gasteiger partial charge is 0.223 e. The molecule has 4 unspecified atom stereocenters. The summed E-state index contributed by atoms with van der Waals surface area (Å²) >= 11 is 0. The van der Waals surface area contributed by atoms with Gasteiger partial charge in [0.2, 0.25) is 5.91 Å². The number of carbonyl (C=O) groups excluding carboxylic acids is 1. The van der Waals surface area contributed by atoms with Gasteiger partial charge in [-0.2, -0.15) is 0 Å². The quantitative estimate of drug-likeness (QED) is 0.757. The van der Waals surface area contributed by atoms with Crippen molar-refractivity contribution in [2.45, 2.75) is 39.2 Å². The third-order valence-corrected chi connectivity index (χ3v) is 5.17. The van der Waals surface area contributed by atoms with Crippen LogP contribution < -0.4 is 10.6 Å². The lowest BCUT2D eigenvalue weighted by Gasteiger charge is -2.14. The molecular weight excluding hydrogens is 212 g/mol. The number of nitrogens with one attached hydrogen (secondary N) is 2. The van der Waals surface area contributed by atoms with E-state index in [1.165, 1.54) is 19.3 Å². The average molecular weight is 236 g/mol. The minimum atomic E-state index is 0.335. The molecule has 0 aromatic carbocycles. The molecule has 5 atom stereocenters. The van der Waals surface area contributed by atoms with Gasteiger partial charge in [0.1, 0.15) is 0 Å². The van der Waals surface area contributed by atoms with E-state index in [0.29, 0.717) is 17.9 Å². The van der Waals surface area contributed by atoms with Crippen molar-refractivity contribution in [3.63, 3.8) is 0 Å². The number of fused-ring (bicyclic) bond motifs is 5. The Kier molecular flexibility index (Phi) is 2.89. The lowest BCUT2D eigenvalue weighted by atomic mass is 10.0. The standard InChI is InChI=1S/C14H24N2O/c1-3-15-8(2)7-16-14(17)13-11-9-4-5-10(6-9)12(11)13/h8-13,15H,3-7H2,1-2H3,(H,16,17)/t8-,9?,10?,11?,12?,13?/m1/s1. The van der Waals surface area contributed by atoms with Crippen LogP contribution in [0.1, 0.15) is 33.1 Å². The van der Waals surface area contributed by atoms with Gasteiger partial charge in [-0.15, -0.1) is 0 Å². The molecule has 3 fully saturated rings. The van der Waals surface area contributed by atoms with Crippen LogP contribution in [-0.4, -0.2) is 25.0 Å². The molecule has 0 spiro atoms. The first-order chi connectivity index (χ1) is 8.22. The Balaban J connectivity index is 1.46. The molecule has 3 aliphatic carbocycles. The predicted molar refractivity (Wildman–Crippen MR) is 67.4 cm³/mol. The molecule has 0 aromatic rings. The maximum atomic E-state index is 12.1. The van der Waals surface area contributed by atoms with E-state index < -0.39 is 0 Å². The number of hydrogen-bond donors (Lipinski definition) is 2. The van der Waals surface area contributed by atoms with Crippen molar-refractivity contribution in [3.05, 3.63) is 0 Å². The van der Waals surface area contributed by atoms with Crippen LogP contribution in [0.2, 0.25) is 0 Å². The van der Waals surface area contributed by atoms with Gasteiger partial charge < -0.3 is 10.6 Å². The van der Waals surface area contributed by atoms with E-state index in [2.05, 4.69) is 24.5 Å². The van der Waals surface area contributed by atoms with Crippen LogP contribution in [0.15, 0.2) is 0 Å². The second kappa shape index (κ2) is 4.27. The molecule has 0 saturated heterocycles. The third-order valence-electron chi connectivity index (χ3n) is 5.17. The van der Waals surface area contributed by atoms with Crippen LogP contribution in [0.25, 0.3) is 0 Å². The zero-order valence-corrected chi connectivity index (χ0v) is 10.9. The third kappa shape index (κ3) is 1.88. The summed E-state index contributed by atoms with van der Waals surface area (Å²) in [6, 6.07) is 0.388. The number of likely N-dealkylation sites (N-methyl/N-ethyl adjacent to an activating group) is 1. The first kappa shape index (κ1) is 11.5. The minimum Gasteiger partial charge on any atom is -0.354 e. The van der Waals surface area contributed by atoms with E-state index in [0.717, 1.165) is 36.8 Å². The summed E-state index contributed by atoms with van der Waals surface area (Å²) in [5.41, 5.74) is 0. The summed E-state index contributed by atoms with van der Waals surface area (Å²) in [6.45, 7) is 5.97. The Morgan fingerprint density at radius 1 is 1.29 bits per heavy atom. The predicted octanol–water partition coefficient (Wildman–Crippen LogP) is 1.39. The van der Waals surface area contributed by atoms with E-state index in [-0.39, 0.29) is 0 Å². The van der Waals surface area contributed by atoms with Crippen LogP contribution in [0.5, 0.6) is 0 Å². The Hall–Kier alpha value is -0.570. The van der Waals surface area contributed by atoms with Crippen molar-refractivity contribution >= 4 is 5.91 Å². The zero-order valence-electron chi connectivity index (χ0n) is 10.9. The van der Waals surface area contributed by atoms with Crippen molar-refractivity contribution in [2.75, 3.05) is 13.1 Å². The van der Waals surface area contributed by atoms with Crippen molar-refractivity contribution in [3.8, 4) is 0 Å². The van der Waals surface area contributed by atoms with Gasteiger partial charge in [-0.1, -0.05) is 6.92 Å². The molecule has 96 valence electrons. The Bertz CT molecular complexity index is 301. The Morgan fingerprint density at radius 2 is 1.94 bits per heavy atom. The van der Waals surface area contributed by atoms with Crippen molar-refractivity contribution < 1.29 is 4.79 Å². The van der Waals surface area contributed by atoms with Crippen molar-refractivity contribution in [1.29, 1.82) is 0 Å². The normalized spacial score (nSPS) is 43.3. The van der Waals surface area contributed by atoms with Crippen molar-refractivity contribution in [1.82, 2.24) is 10.6 Å². The van der Waals surface area contributed by atoms with E-state index in [9.17, 15) is 4.79 Å². The lowest BCUT2D eigenvalue weighted by molar-refractivity contribution is -0.123. The highest BCUT2D eigenvalue weighted by Crippen LogP contribution is 2.69. The molecule has 0 radical (unpaired) electrons. The first-order valence-electron chi connectivity index (χ1n) is 7.23. The van der Waals surface area contributed by atoms with Gasteiger partial charge in [-0.05, 0) is 56.4 Å². The minimum absolute atomic E-state index is 0.335. The average Bonchev–Trinajstić information content (AvgIpc) is 2.75. The fourth-order valence-corrected chi connectivity index (χ4v) is 4.47. The first-order valence-corrected chi connectivity index (χ1v) is 7.23. The summed E-state index contributed by atoms with van der Waals surface area (Å²) in [5, 5.41) is 6.45.